The van der Waals surface area contributed by atoms with E-state index in [9.17, 15) is 0 Å². The Bertz CT molecular complexity index is 1010. The van der Waals surface area contributed by atoms with Crippen molar-refractivity contribution in [3.63, 3.8) is 0 Å². The van der Waals surface area contributed by atoms with Gasteiger partial charge in [-0.1, -0.05) is 32.0 Å². The summed E-state index contributed by atoms with van der Waals surface area (Å²) in [6.07, 6.45) is 2.87. The molecule has 0 radical (unpaired) electrons. The zero-order valence-electron chi connectivity index (χ0n) is 16.3. The van der Waals surface area contributed by atoms with Crippen LogP contribution in [0.1, 0.15) is 32.1 Å². The molecule has 0 aliphatic carbocycles. The SMILES string of the molecule is CC(C)CCN1CN=C2NC(c3ccccn3)n3c(nc4ccccc43)N2C1. The lowest BCUT2D eigenvalue weighted by Crippen LogP contribution is -2.57. The number of aromatic nitrogens is 3. The fourth-order valence-electron chi connectivity index (χ4n) is 3.84. The number of aliphatic imine (C=N–C) groups is 1. The average Bonchev–Trinajstić information content (AvgIpc) is 3.12. The van der Waals surface area contributed by atoms with Crippen molar-refractivity contribution in [2.24, 2.45) is 10.9 Å². The van der Waals surface area contributed by atoms with Gasteiger partial charge in [0.05, 0.1) is 30.1 Å². The number of nitrogens with one attached hydrogen (secondary N) is 1. The molecule has 1 N–H and O–H groups in total. The van der Waals surface area contributed by atoms with Gasteiger partial charge < -0.3 is 5.32 Å². The molecular formula is C21H25N7. The predicted molar refractivity (Wildman–Crippen MR) is 111 cm³/mol. The van der Waals surface area contributed by atoms with Gasteiger partial charge in [-0.15, -0.1) is 0 Å². The Hall–Kier alpha value is -2.93. The van der Waals surface area contributed by atoms with Gasteiger partial charge in [0.1, 0.15) is 0 Å². The van der Waals surface area contributed by atoms with E-state index in [0.717, 1.165) is 41.8 Å². The predicted octanol–water partition coefficient (Wildman–Crippen LogP) is 3.02. The first-order valence-corrected chi connectivity index (χ1v) is 9.89. The van der Waals surface area contributed by atoms with E-state index in [2.05, 4.69) is 56.7 Å². The van der Waals surface area contributed by atoms with Crippen LogP contribution in [0.3, 0.4) is 0 Å². The van der Waals surface area contributed by atoms with Crippen LogP contribution in [0.5, 0.6) is 0 Å². The first-order valence-electron chi connectivity index (χ1n) is 9.89. The Morgan fingerprint density at radius 1 is 1.14 bits per heavy atom. The van der Waals surface area contributed by atoms with Gasteiger partial charge in [-0.05, 0) is 36.6 Å². The molecule has 28 heavy (non-hydrogen) atoms. The van der Waals surface area contributed by atoms with Crippen molar-refractivity contribution in [3.8, 4) is 0 Å². The molecule has 144 valence electrons. The molecule has 1 unspecified atom stereocenters. The molecule has 7 heteroatoms. The molecule has 2 aliphatic heterocycles. The summed E-state index contributed by atoms with van der Waals surface area (Å²) in [5, 5.41) is 3.60. The Labute approximate surface area is 164 Å². The van der Waals surface area contributed by atoms with Crippen LogP contribution < -0.4 is 10.2 Å². The molecule has 2 aromatic heterocycles. The number of nitrogens with zero attached hydrogens (tertiary/aromatic N) is 6. The fourth-order valence-corrected chi connectivity index (χ4v) is 3.84. The van der Waals surface area contributed by atoms with Crippen LogP contribution in [-0.2, 0) is 0 Å². The molecule has 1 aromatic carbocycles. The molecule has 2 aliphatic rings. The van der Waals surface area contributed by atoms with Crippen LogP contribution in [0, 0.1) is 5.92 Å². The normalized spacial score (nSPS) is 19.3. The van der Waals surface area contributed by atoms with Crippen LogP contribution in [-0.4, -0.2) is 45.3 Å². The van der Waals surface area contributed by atoms with E-state index in [-0.39, 0.29) is 6.17 Å². The van der Waals surface area contributed by atoms with Crippen LogP contribution in [0.15, 0.2) is 53.7 Å². The van der Waals surface area contributed by atoms with Gasteiger partial charge in [0, 0.05) is 12.7 Å². The van der Waals surface area contributed by atoms with Gasteiger partial charge in [0.25, 0.3) is 0 Å². The standard InChI is InChI=1S/C21H25N7/c1-15(2)10-12-26-13-23-20-25-19(17-8-5-6-11-22-17)28-18-9-4-3-7-16(18)24-21(28)27(20)14-26/h3-9,11,15,19H,10,12-14H2,1-2H3,(H,23,25). The monoisotopic (exact) mass is 375 g/mol. The summed E-state index contributed by atoms with van der Waals surface area (Å²) in [5.74, 6) is 2.48. The molecule has 7 nitrogen and oxygen atoms in total. The molecule has 3 aromatic rings. The average molecular weight is 375 g/mol. The molecule has 0 bridgehead atoms. The van der Waals surface area contributed by atoms with Crippen LogP contribution >= 0.6 is 0 Å². The Balaban J connectivity index is 1.58. The summed E-state index contributed by atoms with van der Waals surface area (Å²) < 4.78 is 2.24. The van der Waals surface area contributed by atoms with Gasteiger partial charge in [-0.2, -0.15) is 0 Å². The van der Waals surface area contributed by atoms with E-state index in [1.165, 1.54) is 6.42 Å². The second-order valence-corrected chi connectivity index (χ2v) is 7.84. The lowest BCUT2D eigenvalue weighted by Gasteiger charge is -2.41. The van der Waals surface area contributed by atoms with E-state index in [1.54, 1.807) is 0 Å². The third-order valence-electron chi connectivity index (χ3n) is 5.35. The largest absolute Gasteiger partial charge is 0.330 e. The number of fused-ring (bicyclic) bond motifs is 5. The number of guanidine groups is 1. The van der Waals surface area contributed by atoms with Crippen LogP contribution in [0.2, 0.25) is 0 Å². The quantitative estimate of drug-likeness (QED) is 0.760. The molecule has 0 saturated heterocycles. The summed E-state index contributed by atoms with van der Waals surface area (Å²) >= 11 is 0. The summed E-state index contributed by atoms with van der Waals surface area (Å²) in [7, 11) is 0. The third kappa shape index (κ3) is 2.92. The maximum absolute atomic E-state index is 4.96. The zero-order valence-corrected chi connectivity index (χ0v) is 16.3. The van der Waals surface area contributed by atoms with E-state index >= 15 is 0 Å². The molecule has 1 atom stereocenters. The first-order chi connectivity index (χ1) is 13.7. The van der Waals surface area contributed by atoms with Crippen molar-refractivity contribution < 1.29 is 0 Å². The van der Waals surface area contributed by atoms with Gasteiger partial charge in [-0.25, -0.2) is 9.98 Å². The van der Waals surface area contributed by atoms with Crippen LogP contribution in [0.4, 0.5) is 5.95 Å². The molecule has 0 spiro atoms. The number of hydrogen-bond acceptors (Lipinski definition) is 6. The summed E-state index contributed by atoms with van der Waals surface area (Å²) in [6.45, 7) is 7.06. The zero-order chi connectivity index (χ0) is 19.1. The highest BCUT2D eigenvalue weighted by atomic mass is 15.5. The van der Waals surface area contributed by atoms with Crippen molar-refractivity contribution >= 4 is 22.9 Å². The second kappa shape index (κ2) is 6.91. The van der Waals surface area contributed by atoms with E-state index < -0.39 is 0 Å². The van der Waals surface area contributed by atoms with Gasteiger partial charge in [0.2, 0.25) is 11.9 Å². The van der Waals surface area contributed by atoms with Crippen molar-refractivity contribution in [3.05, 3.63) is 54.4 Å². The number of para-hydroxylation sites is 2. The number of pyridine rings is 1. The van der Waals surface area contributed by atoms with Crippen molar-refractivity contribution in [1.29, 1.82) is 0 Å². The van der Waals surface area contributed by atoms with Crippen molar-refractivity contribution in [2.45, 2.75) is 26.4 Å². The van der Waals surface area contributed by atoms with Gasteiger partial charge >= 0.3 is 0 Å². The molecule has 5 rings (SSSR count). The second-order valence-electron chi connectivity index (χ2n) is 7.84. The summed E-state index contributed by atoms with van der Waals surface area (Å²) in [6, 6.07) is 14.3. The number of anilines is 1. The highest BCUT2D eigenvalue weighted by molar-refractivity contribution is 5.98. The molecule has 0 fully saturated rings. The number of benzene rings is 1. The van der Waals surface area contributed by atoms with Crippen LogP contribution in [0.25, 0.3) is 11.0 Å². The lowest BCUT2D eigenvalue weighted by molar-refractivity contribution is 0.256. The van der Waals surface area contributed by atoms with E-state index in [1.807, 2.05) is 30.5 Å². The van der Waals surface area contributed by atoms with E-state index in [4.69, 9.17) is 9.98 Å². The summed E-state index contributed by atoms with van der Waals surface area (Å²) in [5.41, 5.74) is 3.04. The van der Waals surface area contributed by atoms with Gasteiger partial charge in [0.15, 0.2) is 6.17 Å². The molecule has 0 amide bonds. The lowest BCUT2D eigenvalue weighted by atomic mass is 10.1. The maximum atomic E-state index is 4.96. The highest BCUT2D eigenvalue weighted by Gasteiger charge is 2.36. The Morgan fingerprint density at radius 2 is 2.00 bits per heavy atom. The highest BCUT2D eigenvalue weighted by Crippen LogP contribution is 2.33. The smallest absolute Gasteiger partial charge is 0.216 e. The first kappa shape index (κ1) is 17.2. The van der Waals surface area contributed by atoms with Crippen molar-refractivity contribution in [1.82, 2.24) is 24.8 Å². The van der Waals surface area contributed by atoms with Gasteiger partial charge in [-0.3, -0.25) is 19.4 Å². The fraction of sp³-hybridized carbons (Fsp3) is 0.381. The number of imidazole rings is 1. The molecular weight excluding hydrogens is 350 g/mol. The molecule has 4 heterocycles. The number of rotatable bonds is 4. The molecule has 0 saturated carbocycles. The summed E-state index contributed by atoms with van der Waals surface area (Å²) in [4.78, 5) is 18.9. The minimum absolute atomic E-state index is 0.124. The Morgan fingerprint density at radius 3 is 2.82 bits per heavy atom. The van der Waals surface area contributed by atoms with Crippen molar-refractivity contribution in [2.75, 3.05) is 24.8 Å². The Kier molecular flexibility index (Phi) is 4.24. The topological polar surface area (TPSA) is 61.6 Å². The third-order valence-corrected chi connectivity index (χ3v) is 5.35. The minimum atomic E-state index is -0.124. The minimum Gasteiger partial charge on any atom is -0.330 e. The maximum Gasteiger partial charge on any atom is 0.216 e. The number of hydrogen-bond donors (Lipinski definition) is 1. The van der Waals surface area contributed by atoms with E-state index in [0.29, 0.717) is 12.6 Å².